The number of ether oxygens (including phenoxy) is 1. The average molecular weight is 198 g/mol. The highest BCUT2D eigenvalue weighted by atomic mass is 16.5. The first-order valence-corrected chi connectivity index (χ1v) is 4.78. The first kappa shape index (κ1) is 11.2. The fourth-order valence-electron chi connectivity index (χ4n) is 1.47. The summed E-state index contributed by atoms with van der Waals surface area (Å²) in [6, 6.07) is 3.84. The molecule has 0 aliphatic rings. The number of methoxy groups -OCH3 is 1. The average Bonchev–Trinajstić information content (AvgIpc) is 2.69. The molecule has 0 fully saturated rings. The number of rotatable bonds is 6. The van der Waals surface area contributed by atoms with Gasteiger partial charge in [0.05, 0.1) is 12.3 Å². The standard InChI is InChI=1S/C10H18N2O2/c1-8(5-7-13-2)10(12-11)9-4-3-6-14-9/h3-4,6,8,10,12H,5,7,11H2,1-2H3. The first-order valence-electron chi connectivity index (χ1n) is 4.78. The molecule has 0 aromatic carbocycles. The molecule has 1 aromatic heterocycles. The molecule has 4 heteroatoms. The highest BCUT2D eigenvalue weighted by Gasteiger charge is 2.19. The van der Waals surface area contributed by atoms with Crippen molar-refractivity contribution in [2.45, 2.75) is 19.4 Å². The SMILES string of the molecule is COCCC(C)C(NN)c1ccco1. The van der Waals surface area contributed by atoms with Gasteiger partial charge in [0.15, 0.2) is 0 Å². The highest BCUT2D eigenvalue weighted by molar-refractivity contribution is 5.05. The summed E-state index contributed by atoms with van der Waals surface area (Å²) in [6.07, 6.45) is 2.61. The van der Waals surface area contributed by atoms with Crippen molar-refractivity contribution < 1.29 is 9.15 Å². The van der Waals surface area contributed by atoms with Gasteiger partial charge in [-0.3, -0.25) is 5.84 Å². The Morgan fingerprint density at radius 1 is 1.64 bits per heavy atom. The van der Waals surface area contributed by atoms with Crippen molar-refractivity contribution >= 4 is 0 Å². The normalized spacial score (nSPS) is 15.4. The number of hydrogen-bond acceptors (Lipinski definition) is 4. The maximum absolute atomic E-state index is 5.49. The Labute approximate surface area is 84.4 Å². The second-order valence-corrected chi connectivity index (χ2v) is 3.42. The highest BCUT2D eigenvalue weighted by Crippen LogP contribution is 2.23. The summed E-state index contributed by atoms with van der Waals surface area (Å²) in [4.78, 5) is 0. The van der Waals surface area contributed by atoms with Crippen molar-refractivity contribution in [2.24, 2.45) is 11.8 Å². The van der Waals surface area contributed by atoms with Crippen LogP contribution in [0.2, 0.25) is 0 Å². The lowest BCUT2D eigenvalue weighted by molar-refractivity contribution is 0.166. The molecule has 0 aliphatic carbocycles. The van der Waals surface area contributed by atoms with Gasteiger partial charge in [-0.05, 0) is 24.5 Å². The van der Waals surface area contributed by atoms with Gasteiger partial charge in [0.2, 0.25) is 0 Å². The van der Waals surface area contributed by atoms with Gasteiger partial charge in [0, 0.05) is 13.7 Å². The molecule has 1 heterocycles. The zero-order valence-corrected chi connectivity index (χ0v) is 8.69. The Bertz CT molecular complexity index is 236. The van der Waals surface area contributed by atoms with E-state index in [1.54, 1.807) is 13.4 Å². The summed E-state index contributed by atoms with van der Waals surface area (Å²) in [6.45, 7) is 2.85. The van der Waals surface area contributed by atoms with Gasteiger partial charge < -0.3 is 9.15 Å². The molecule has 0 radical (unpaired) electrons. The summed E-state index contributed by atoms with van der Waals surface area (Å²) in [5, 5.41) is 0. The number of nitrogens with one attached hydrogen (secondary N) is 1. The van der Waals surface area contributed by atoms with Crippen LogP contribution in [0.5, 0.6) is 0 Å². The summed E-state index contributed by atoms with van der Waals surface area (Å²) in [5.74, 6) is 6.74. The molecule has 80 valence electrons. The van der Waals surface area contributed by atoms with Crippen molar-refractivity contribution in [1.82, 2.24) is 5.43 Å². The van der Waals surface area contributed by atoms with Crippen LogP contribution in [0.15, 0.2) is 22.8 Å². The van der Waals surface area contributed by atoms with E-state index < -0.39 is 0 Å². The molecule has 2 unspecified atom stereocenters. The second kappa shape index (κ2) is 5.80. The van der Waals surface area contributed by atoms with Crippen molar-refractivity contribution in [3.05, 3.63) is 24.2 Å². The van der Waals surface area contributed by atoms with E-state index in [1.165, 1.54) is 0 Å². The minimum Gasteiger partial charge on any atom is -0.468 e. The van der Waals surface area contributed by atoms with Gasteiger partial charge >= 0.3 is 0 Å². The number of hydrazine groups is 1. The lowest BCUT2D eigenvalue weighted by atomic mass is 9.97. The molecule has 1 aromatic rings. The quantitative estimate of drug-likeness (QED) is 0.536. The third-order valence-corrected chi connectivity index (χ3v) is 2.38. The largest absolute Gasteiger partial charge is 0.468 e. The zero-order chi connectivity index (χ0) is 10.4. The molecule has 0 amide bonds. The topological polar surface area (TPSA) is 60.4 Å². The summed E-state index contributed by atoms with van der Waals surface area (Å²) in [7, 11) is 1.70. The van der Waals surface area contributed by atoms with Crippen LogP contribution in [-0.2, 0) is 4.74 Å². The van der Waals surface area contributed by atoms with Crippen LogP contribution in [-0.4, -0.2) is 13.7 Å². The maximum atomic E-state index is 5.49. The molecule has 14 heavy (non-hydrogen) atoms. The summed E-state index contributed by atoms with van der Waals surface area (Å²) < 4.78 is 10.3. The van der Waals surface area contributed by atoms with E-state index in [0.717, 1.165) is 18.8 Å². The molecule has 2 atom stereocenters. The molecular formula is C10H18N2O2. The lowest BCUT2D eigenvalue weighted by Crippen LogP contribution is -2.32. The predicted octanol–water partition coefficient (Wildman–Crippen LogP) is 1.46. The second-order valence-electron chi connectivity index (χ2n) is 3.42. The number of furan rings is 1. The fourth-order valence-corrected chi connectivity index (χ4v) is 1.47. The third kappa shape index (κ3) is 2.83. The number of nitrogens with two attached hydrogens (primary N) is 1. The Balaban J connectivity index is 2.53. The van der Waals surface area contributed by atoms with Crippen molar-refractivity contribution in [3.8, 4) is 0 Å². The predicted molar refractivity (Wildman–Crippen MR) is 54.4 cm³/mol. The van der Waals surface area contributed by atoms with Crippen LogP contribution in [0.3, 0.4) is 0 Å². The van der Waals surface area contributed by atoms with Crippen molar-refractivity contribution in [2.75, 3.05) is 13.7 Å². The minimum atomic E-state index is 0.0557. The zero-order valence-electron chi connectivity index (χ0n) is 8.69. The summed E-state index contributed by atoms with van der Waals surface area (Å²) >= 11 is 0. The van der Waals surface area contributed by atoms with E-state index in [4.69, 9.17) is 15.0 Å². The van der Waals surface area contributed by atoms with Crippen molar-refractivity contribution in [1.29, 1.82) is 0 Å². The summed E-state index contributed by atoms with van der Waals surface area (Å²) in [5.41, 5.74) is 2.76. The van der Waals surface area contributed by atoms with Crippen LogP contribution in [0.4, 0.5) is 0 Å². The van der Waals surface area contributed by atoms with E-state index in [9.17, 15) is 0 Å². The Hall–Kier alpha value is -0.840. The van der Waals surface area contributed by atoms with Gasteiger partial charge in [-0.2, -0.15) is 0 Å². The molecule has 4 nitrogen and oxygen atoms in total. The molecule has 0 saturated carbocycles. The van der Waals surface area contributed by atoms with E-state index in [2.05, 4.69) is 12.3 Å². The Kier molecular flexibility index (Phi) is 4.65. The van der Waals surface area contributed by atoms with Crippen molar-refractivity contribution in [3.63, 3.8) is 0 Å². The van der Waals surface area contributed by atoms with Crippen LogP contribution in [0.25, 0.3) is 0 Å². The molecule has 0 spiro atoms. The maximum Gasteiger partial charge on any atom is 0.122 e. The van der Waals surface area contributed by atoms with Gasteiger partial charge in [-0.15, -0.1) is 0 Å². The lowest BCUT2D eigenvalue weighted by Gasteiger charge is -2.20. The Morgan fingerprint density at radius 3 is 2.93 bits per heavy atom. The molecular weight excluding hydrogens is 180 g/mol. The first-order chi connectivity index (χ1) is 6.79. The van der Waals surface area contributed by atoms with Gasteiger partial charge in [-0.25, -0.2) is 5.43 Å². The molecule has 0 saturated heterocycles. The fraction of sp³-hybridized carbons (Fsp3) is 0.600. The van der Waals surface area contributed by atoms with Crippen LogP contribution in [0, 0.1) is 5.92 Å². The van der Waals surface area contributed by atoms with E-state index >= 15 is 0 Å². The molecule has 0 bridgehead atoms. The molecule has 3 N–H and O–H groups in total. The van der Waals surface area contributed by atoms with E-state index in [0.29, 0.717) is 5.92 Å². The monoisotopic (exact) mass is 198 g/mol. The Morgan fingerprint density at radius 2 is 2.43 bits per heavy atom. The smallest absolute Gasteiger partial charge is 0.122 e. The number of hydrogen-bond donors (Lipinski definition) is 2. The van der Waals surface area contributed by atoms with E-state index in [1.807, 2.05) is 12.1 Å². The van der Waals surface area contributed by atoms with Crippen LogP contribution >= 0.6 is 0 Å². The molecule has 1 rings (SSSR count). The van der Waals surface area contributed by atoms with Crippen LogP contribution < -0.4 is 11.3 Å². The van der Waals surface area contributed by atoms with Crippen LogP contribution in [0.1, 0.15) is 25.1 Å². The van der Waals surface area contributed by atoms with E-state index in [-0.39, 0.29) is 6.04 Å². The molecule has 0 aliphatic heterocycles. The van der Waals surface area contributed by atoms with Gasteiger partial charge in [-0.1, -0.05) is 6.92 Å². The van der Waals surface area contributed by atoms with Gasteiger partial charge in [0.25, 0.3) is 0 Å². The third-order valence-electron chi connectivity index (χ3n) is 2.38. The van der Waals surface area contributed by atoms with Gasteiger partial charge in [0.1, 0.15) is 5.76 Å². The minimum absolute atomic E-state index is 0.0557.